The molecule has 1 N–H and O–H groups in total. The van der Waals surface area contributed by atoms with Crippen LogP contribution < -0.4 is 0 Å². The van der Waals surface area contributed by atoms with Crippen molar-refractivity contribution in [2.45, 2.75) is 32.7 Å². The van der Waals surface area contributed by atoms with Crippen molar-refractivity contribution in [3.8, 4) is 17.0 Å². The van der Waals surface area contributed by atoms with Crippen molar-refractivity contribution in [3.05, 3.63) is 54.6 Å². The molecule has 1 aromatic heterocycles. The predicted molar refractivity (Wildman–Crippen MR) is 88.6 cm³/mol. The summed E-state index contributed by atoms with van der Waals surface area (Å²) in [7, 11) is 0. The molecule has 0 aliphatic heterocycles. The zero-order valence-electron chi connectivity index (χ0n) is 12.4. The van der Waals surface area contributed by atoms with Crippen LogP contribution in [0, 0.1) is 0 Å². The van der Waals surface area contributed by atoms with Gasteiger partial charge in [0.05, 0.1) is 5.52 Å². The molecule has 108 valence electrons. The van der Waals surface area contributed by atoms with Crippen molar-refractivity contribution < 1.29 is 5.11 Å². The maximum absolute atomic E-state index is 9.79. The average molecular weight is 279 g/mol. The van der Waals surface area contributed by atoms with Gasteiger partial charge in [-0.1, -0.05) is 50.1 Å². The molecule has 0 aliphatic carbocycles. The highest BCUT2D eigenvalue weighted by Gasteiger charge is 2.10. The summed E-state index contributed by atoms with van der Waals surface area (Å²) < 4.78 is 2.33. The van der Waals surface area contributed by atoms with Crippen molar-refractivity contribution in [2.75, 3.05) is 0 Å². The number of nitrogens with zero attached hydrogens (tertiary/aromatic N) is 1. The normalized spacial score (nSPS) is 11.1. The van der Waals surface area contributed by atoms with Crippen LogP contribution in [0.4, 0.5) is 0 Å². The van der Waals surface area contributed by atoms with Gasteiger partial charge < -0.3 is 9.67 Å². The highest BCUT2D eigenvalue weighted by atomic mass is 16.3. The van der Waals surface area contributed by atoms with Crippen LogP contribution in [0.15, 0.2) is 54.6 Å². The van der Waals surface area contributed by atoms with E-state index in [4.69, 9.17) is 0 Å². The summed E-state index contributed by atoms with van der Waals surface area (Å²) in [4.78, 5) is 0. The van der Waals surface area contributed by atoms with Crippen molar-refractivity contribution in [1.82, 2.24) is 4.57 Å². The van der Waals surface area contributed by atoms with Gasteiger partial charge in [-0.25, -0.2) is 0 Å². The van der Waals surface area contributed by atoms with Crippen LogP contribution in [-0.4, -0.2) is 9.67 Å². The Hall–Kier alpha value is -2.22. The molecule has 0 saturated heterocycles. The zero-order valence-corrected chi connectivity index (χ0v) is 12.4. The first-order chi connectivity index (χ1) is 10.3. The van der Waals surface area contributed by atoms with E-state index in [1.54, 1.807) is 6.07 Å². The van der Waals surface area contributed by atoms with E-state index in [1.807, 2.05) is 18.2 Å². The van der Waals surface area contributed by atoms with Crippen molar-refractivity contribution in [2.24, 2.45) is 0 Å². The Kier molecular flexibility index (Phi) is 3.96. The van der Waals surface area contributed by atoms with Gasteiger partial charge in [-0.15, -0.1) is 0 Å². The van der Waals surface area contributed by atoms with Crippen LogP contribution in [-0.2, 0) is 6.54 Å². The molecule has 0 fully saturated rings. The van der Waals surface area contributed by atoms with E-state index in [2.05, 4.69) is 41.8 Å². The Bertz CT molecular complexity index is 728. The molecule has 2 heteroatoms. The second-order valence-electron chi connectivity index (χ2n) is 5.50. The van der Waals surface area contributed by atoms with Crippen LogP contribution in [0.3, 0.4) is 0 Å². The minimum absolute atomic E-state index is 0.331. The molecule has 0 unspecified atom stereocenters. The van der Waals surface area contributed by atoms with Gasteiger partial charge in [0.15, 0.2) is 0 Å². The van der Waals surface area contributed by atoms with E-state index >= 15 is 0 Å². The monoisotopic (exact) mass is 279 g/mol. The van der Waals surface area contributed by atoms with Gasteiger partial charge in [-0.3, -0.25) is 0 Å². The van der Waals surface area contributed by atoms with Gasteiger partial charge in [0.2, 0.25) is 0 Å². The summed E-state index contributed by atoms with van der Waals surface area (Å²) in [5.41, 5.74) is 3.57. The summed E-state index contributed by atoms with van der Waals surface area (Å²) in [5, 5.41) is 11.0. The molecule has 0 amide bonds. The number of aromatic hydroxyl groups is 1. The molecule has 0 atom stereocenters. The fraction of sp³-hybridized carbons (Fsp3) is 0.263. The lowest BCUT2D eigenvalue weighted by molar-refractivity contribution is 0.475. The number of hydrogen-bond acceptors (Lipinski definition) is 1. The first-order valence-electron chi connectivity index (χ1n) is 7.67. The molecule has 1 heterocycles. The Morgan fingerprint density at radius 3 is 2.52 bits per heavy atom. The van der Waals surface area contributed by atoms with Gasteiger partial charge in [-0.2, -0.15) is 0 Å². The highest BCUT2D eigenvalue weighted by molar-refractivity contribution is 5.88. The largest absolute Gasteiger partial charge is 0.508 e. The molecule has 0 spiro atoms. The lowest BCUT2D eigenvalue weighted by Gasteiger charge is -2.11. The van der Waals surface area contributed by atoms with E-state index in [-0.39, 0.29) is 0 Å². The topological polar surface area (TPSA) is 25.2 Å². The Labute approximate surface area is 125 Å². The summed E-state index contributed by atoms with van der Waals surface area (Å²) >= 11 is 0. The fourth-order valence-electron chi connectivity index (χ4n) is 2.85. The van der Waals surface area contributed by atoms with Crippen LogP contribution in [0.1, 0.15) is 26.2 Å². The molecule has 2 aromatic carbocycles. The Morgan fingerprint density at radius 1 is 0.952 bits per heavy atom. The molecule has 0 radical (unpaired) electrons. The maximum Gasteiger partial charge on any atom is 0.117 e. The SMILES string of the molecule is CCCCCn1c(-c2ccccc2)cc2ccc(O)cc21. The van der Waals surface area contributed by atoms with Crippen molar-refractivity contribution >= 4 is 10.9 Å². The lowest BCUT2D eigenvalue weighted by atomic mass is 10.1. The molecular weight excluding hydrogens is 258 g/mol. The quantitative estimate of drug-likeness (QED) is 0.638. The highest BCUT2D eigenvalue weighted by Crippen LogP contribution is 2.30. The Morgan fingerprint density at radius 2 is 1.76 bits per heavy atom. The second kappa shape index (κ2) is 6.04. The standard InChI is InChI=1S/C19H21NO/c1-2-3-7-12-20-18(15-8-5-4-6-9-15)13-16-10-11-17(21)14-19(16)20/h4-6,8-11,13-14,21H,2-3,7,12H2,1H3. The van der Waals surface area contributed by atoms with E-state index in [0.717, 1.165) is 18.5 Å². The number of phenolic OH excluding ortho intramolecular Hbond substituents is 1. The third-order valence-corrected chi connectivity index (χ3v) is 3.94. The third-order valence-electron chi connectivity index (χ3n) is 3.94. The summed E-state index contributed by atoms with van der Waals surface area (Å²) in [5.74, 6) is 0.331. The number of aryl methyl sites for hydroxylation is 1. The maximum atomic E-state index is 9.79. The number of benzene rings is 2. The smallest absolute Gasteiger partial charge is 0.117 e. The summed E-state index contributed by atoms with van der Waals surface area (Å²) in [6.07, 6.45) is 3.60. The van der Waals surface area contributed by atoms with E-state index in [1.165, 1.54) is 29.5 Å². The van der Waals surface area contributed by atoms with E-state index in [9.17, 15) is 5.11 Å². The van der Waals surface area contributed by atoms with Gasteiger partial charge in [0.25, 0.3) is 0 Å². The van der Waals surface area contributed by atoms with Gasteiger partial charge in [0, 0.05) is 23.7 Å². The Balaban J connectivity index is 2.11. The minimum atomic E-state index is 0.331. The van der Waals surface area contributed by atoms with Crippen LogP contribution in [0.5, 0.6) is 5.75 Å². The number of aromatic nitrogens is 1. The number of rotatable bonds is 5. The van der Waals surface area contributed by atoms with Crippen molar-refractivity contribution in [3.63, 3.8) is 0 Å². The molecule has 0 aliphatic rings. The molecule has 3 rings (SSSR count). The van der Waals surface area contributed by atoms with Gasteiger partial charge in [-0.05, 0) is 30.2 Å². The zero-order chi connectivity index (χ0) is 14.7. The molecule has 0 saturated carbocycles. The van der Waals surface area contributed by atoms with E-state index in [0.29, 0.717) is 5.75 Å². The van der Waals surface area contributed by atoms with Gasteiger partial charge >= 0.3 is 0 Å². The van der Waals surface area contributed by atoms with Crippen molar-refractivity contribution in [1.29, 1.82) is 0 Å². The average Bonchev–Trinajstić information content (AvgIpc) is 2.87. The number of fused-ring (bicyclic) bond motifs is 1. The predicted octanol–water partition coefficient (Wildman–Crippen LogP) is 5.20. The lowest BCUT2D eigenvalue weighted by Crippen LogP contribution is -2.00. The van der Waals surface area contributed by atoms with Crippen LogP contribution in [0.25, 0.3) is 22.2 Å². The molecule has 3 aromatic rings. The van der Waals surface area contributed by atoms with Gasteiger partial charge in [0.1, 0.15) is 5.75 Å². The first kappa shape index (κ1) is 13.7. The summed E-state index contributed by atoms with van der Waals surface area (Å²) in [6, 6.07) is 18.3. The first-order valence-corrected chi connectivity index (χ1v) is 7.67. The number of hydrogen-bond donors (Lipinski definition) is 1. The minimum Gasteiger partial charge on any atom is -0.508 e. The molecule has 21 heavy (non-hydrogen) atoms. The van der Waals surface area contributed by atoms with E-state index < -0.39 is 0 Å². The number of unbranched alkanes of at least 4 members (excludes halogenated alkanes) is 2. The van der Waals surface area contributed by atoms with Crippen LogP contribution >= 0.6 is 0 Å². The molecular formula is C19H21NO. The molecule has 2 nitrogen and oxygen atoms in total. The molecule has 0 bridgehead atoms. The second-order valence-corrected chi connectivity index (χ2v) is 5.50. The fourth-order valence-corrected chi connectivity index (χ4v) is 2.85. The van der Waals surface area contributed by atoms with Crippen LogP contribution in [0.2, 0.25) is 0 Å². The third kappa shape index (κ3) is 2.80. The number of phenols is 1. The summed E-state index contributed by atoms with van der Waals surface area (Å²) in [6.45, 7) is 3.21.